The van der Waals surface area contributed by atoms with Gasteiger partial charge in [-0.05, 0) is 31.8 Å². The number of hydrogen-bond donors (Lipinski definition) is 2. The molecule has 0 heterocycles. The molecular weight excluding hydrogens is 262 g/mol. The van der Waals surface area contributed by atoms with Crippen molar-refractivity contribution in [1.29, 1.82) is 0 Å². The van der Waals surface area contributed by atoms with Crippen molar-refractivity contribution in [2.45, 2.75) is 12.2 Å². The van der Waals surface area contributed by atoms with Crippen molar-refractivity contribution in [3.8, 4) is 5.75 Å². The molecule has 20 heavy (non-hydrogen) atoms. The highest BCUT2D eigenvalue weighted by atomic mass is 16.5. The van der Waals surface area contributed by atoms with Crippen molar-refractivity contribution in [3.05, 3.63) is 29.8 Å². The summed E-state index contributed by atoms with van der Waals surface area (Å²) < 4.78 is 9.88. The molecule has 0 aromatic heterocycles. The Hall–Kier alpha value is -1.63. The van der Waals surface area contributed by atoms with Crippen LogP contribution in [0.3, 0.4) is 0 Å². The Morgan fingerprint density at radius 1 is 1.25 bits per heavy atom. The molecule has 2 unspecified atom stereocenters. The lowest BCUT2D eigenvalue weighted by molar-refractivity contribution is -0.156. The molecule has 1 aromatic carbocycles. The number of hydrogen-bond acceptors (Lipinski definition) is 6. The van der Waals surface area contributed by atoms with Crippen LogP contribution in [0.1, 0.15) is 11.7 Å². The molecule has 0 aliphatic heterocycles. The van der Waals surface area contributed by atoms with Crippen LogP contribution in [0.5, 0.6) is 5.75 Å². The van der Waals surface area contributed by atoms with Crippen LogP contribution in [-0.4, -0.2) is 61.5 Å². The molecule has 0 amide bonds. The normalized spacial score (nSPS) is 13.9. The van der Waals surface area contributed by atoms with Gasteiger partial charge in [0, 0.05) is 6.54 Å². The van der Waals surface area contributed by atoms with Crippen LogP contribution in [0, 0.1) is 0 Å². The zero-order valence-electron chi connectivity index (χ0n) is 11.9. The summed E-state index contributed by atoms with van der Waals surface area (Å²) in [4.78, 5) is 13.1. The Labute approximate surface area is 118 Å². The van der Waals surface area contributed by atoms with Crippen LogP contribution in [-0.2, 0) is 9.53 Å². The number of methoxy groups -OCH3 is 1. The number of esters is 1. The van der Waals surface area contributed by atoms with E-state index in [9.17, 15) is 15.0 Å². The van der Waals surface area contributed by atoms with Crippen molar-refractivity contribution in [3.63, 3.8) is 0 Å². The quantitative estimate of drug-likeness (QED) is 0.696. The zero-order valence-corrected chi connectivity index (χ0v) is 11.9. The van der Waals surface area contributed by atoms with Gasteiger partial charge in [0.05, 0.1) is 7.11 Å². The summed E-state index contributed by atoms with van der Waals surface area (Å²) in [5.74, 6) is -0.209. The van der Waals surface area contributed by atoms with Crippen LogP contribution in [0.25, 0.3) is 0 Å². The van der Waals surface area contributed by atoms with E-state index < -0.39 is 18.2 Å². The summed E-state index contributed by atoms with van der Waals surface area (Å²) in [6.45, 7) is 1.35. The Morgan fingerprint density at radius 3 is 2.35 bits per heavy atom. The second-order valence-electron chi connectivity index (χ2n) is 4.63. The summed E-state index contributed by atoms with van der Waals surface area (Å²) in [6, 6.07) is 6.56. The minimum absolute atomic E-state index is 0.419. The average molecular weight is 283 g/mol. The topological polar surface area (TPSA) is 79.2 Å². The molecule has 2 N–H and O–H groups in total. The lowest BCUT2D eigenvalue weighted by Crippen LogP contribution is -2.29. The van der Waals surface area contributed by atoms with Crippen molar-refractivity contribution < 1.29 is 24.5 Å². The molecule has 0 aliphatic carbocycles. The molecule has 0 bridgehead atoms. The van der Waals surface area contributed by atoms with E-state index in [0.29, 0.717) is 17.9 Å². The van der Waals surface area contributed by atoms with Gasteiger partial charge in [-0.15, -0.1) is 0 Å². The van der Waals surface area contributed by atoms with Gasteiger partial charge in [0.25, 0.3) is 0 Å². The third kappa shape index (κ3) is 4.80. The second kappa shape index (κ2) is 7.84. The number of ether oxygens (including phenoxy) is 2. The molecule has 0 spiro atoms. The van der Waals surface area contributed by atoms with Gasteiger partial charge < -0.3 is 24.6 Å². The highest BCUT2D eigenvalue weighted by molar-refractivity contribution is 5.75. The molecule has 0 saturated carbocycles. The molecule has 6 heteroatoms. The number of aliphatic hydroxyl groups is 2. The maximum Gasteiger partial charge on any atom is 0.337 e. The van der Waals surface area contributed by atoms with Crippen molar-refractivity contribution >= 4 is 5.97 Å². The smallest absolute Gasteiger partial charge is 0.337 e. The van der Waals surface area contributed by atoms with Gasteiger partial charge in [0.1, 0.15) is 18.5 Å². The first-order valence-electron chi connectivity index (χ1n) is 6.27. The first kappa shape index (κ1) is 16.4. The molecule has 112 valence electrons. The van der Waals surface area contributed by atoms with Gasteiger partial charge in [-0.1, -0.05) is 12.1 Å². The van der Waals surface area contributed by atoms with E-state index in [1.807, 2.05) is 19.0 Å². The van der Waals surface area contributed by atoms with E-state index in [0.717, 1.165) is 13.7 Å². The van der Waals surface area contributed by atoms with E-state index >= 15 is 0 Å². The summed E-state index contributed by atoms with van der Waals surface area (Å²) in [5.41, 5.74) is 0.419. The predicted octanol–water partition coefficient (Wildman–Crippen LogP) is 0.194. The van der Waals surface area contributed by atoms with Gasteiger partial charge in [-0.3, -0.25) is 0 Å². The number of carbonyl (C=O) groups excluding carboxylic acids is 1. The van der Waals surface area contributed by atoms with E-state index in [4.69, 9.17) is 4.74 Å². The Kier molecular flexibility index (Phi) is 6.44. The van der Waals surface area contributed by atoms with Crippen molar-refractivity contribution in [2.75, 3.05) is 34.4 Å². The standard InChI is InChI=1S/C14H21NO5/c1-15(2)8-9-20-11-6-4-10(5-7-11)12(16)13(17)14(18)19-3/h4-7,12-13,16-17H,8-9H2,1-3H3. The Morgan fingerprint density at radius 2 is 1.85 bits per heavy atom. The average Bonchev–Trinajstić information content (AvgIpc) is 2.45. The SMILES string of the molecule is COC(=O)C(O)C(O)c1ccc(OCCN(C)C)cc1. The van der Waals surface area contributed by atoms with Gasteiger partial charge in [-0.2, -0.15) is 0 Å². The van der Waals surface area contributed by atoms with E-state index in [-0.39, 0.29) is 0 Å². The maximum absolute atomic E-state index is 11.1. The van der Waals surface area contributed by atoms with E-state index in [2.05, 4.69) is 4.74 Å². The van der Waals surface area contributed by atoms with Crippen molar-refractivity contribution in [1.82, 2.24) is 4.90 Å². The molecule has 0 aliphatic rings. The van der Waals surface area contributed by atoms with Gasteiger partial charge in [0.2, 0.25) is 0 Å². The number of benzene rings is 1. The largest absolute Gasteiger partial charge is 0.492 e. The molecule has 0 saturated heterocycles. The van der Waals surface area contributed by atoms with E-state index in [1.54, 1.807) is 24.3 Å². The van der Waals surface area contributed by atoms with Crippen LogP contribution >= 0.6 is 0 Å². The summed E-state index contributed by atoms with van der Waals surface area (Å²) in [6.07, 6.45) is -2.92. The summed E-state index contributed by atoms with van der Waals surface area (Å²) in [7, 11) is 5.06. The van der Waals surface area contributed by atoms with Crippen LogP contribution < -0.4 is 4.74 Å². The van der Waals surface area contributed by atoms with Crippen LogP contribution in [0.4, 0.5) is 0 Å². The Balaban J connectivity index is 2.59. The number of carbonyl (C=O) groups is 1. The lowest BCUT2D eigenvalue weighted by atomic mass is 10.0. The van der Waals surface area contributed by atoms with Crippen LogP contribution in [0.2, 0.25) is 0 Å². The second-order valence-corrected chi connectivity index (χ2v) is 4.63. The van der Waals surface area contributed by atoms with Gasteiger partial charge in [0.15, 0.2) is 6.10 Å². The minimum atomic E-state index is -1.60. The molecule has 0 radical (unpaired) electrons. The van der Waals surface area contributed by atoms with Gasteiger partial charge >= 0.3 is 5.97 Å². The number of nitrogens with zero attached hydrogens (tertiary/aromatic N) is 1. The fourth-order valence-corrected chi connectivity index (χ4v) is 1.54. The molecule has 6 nitrogen and oxygen atoms in total. The zero-order chi connectivity index (χ0) is 15.1. The Bertz CT molecular complexity index is 418. The van der Waals surface area contributed by atoms with E-state index in [1.165, 1.54) is 0 Å². The predicted molar refractivity (Wildman–Crippen MR) is 73.5 cm³/mol. The first-order valence-corrected chi connectivity index (χ1v) is 6.27. The highest BCUT2D eigenvalue weighted by Gasteiger charge is 2.26. The van der Waals surface area contributed by atoms with Crippen molar-refractivity contribution in [2.24, 2.45) is 0 Å². The number of aliphatic hydroxyl groups excluding tert-OH is 2. The minimum Gasteiger partial charge on any atom is -0.492 e. The fraction of sp³-hybridized carbons (Fsp3) is 0.500. The molecular formula is C14H21NO5. The first-order chi connectivity index (χ1) is 9.45. The van der Waals surface area contributed by atoms with Gasteiger partial charge in [-0.25, -0.2) is 4.79 Å². The monoisotopic (exact) mass is 283 g/mol. The fourth-order valence-electron chi connectivity index (χ4n) is 1.54. The molecule has 2 atom stereocenters. The number of likely N-dealkylation sites (N-methyl/N-ethyl adjacent to an activating group) is 1. The third-order valence-electron chi connectivity index (χ3n) is 2.77. The molecule has 1 aromatic rings. The maximum atomic E-state index is 11.1. The summed E-state index contributed by atoms with van der Waals surface area (Å²) in [5, 5.41) is 19.4. The lowest BCUT2D eigenvalue weighted by Gasteiger charge is -2.16. The highest BCUT2D eigenvalue weighted by Crippen LogP contribution is 2.21. The molecule has 0 fully saturated rings. The summed E-state index contributed by atoms with van der Waals surface area (Å²) >= 11 is 0. The van der Waals surface area contributed by atoms with Crippen LogP contribution in [0.15, 0.2) is 24.3 Å². The molecule has 1 rings (SSSR count). The third-order valence-corrected chi connectivity index (χ3v) is 2.77. The number of rotatable bonds is 7.